The van der Waals surface area contributed by atoms with Crippen molar-refractivity contribution >= 4 is 5.97 Å². The van der Waals surface area contributed by atoms with Gasteiger partial charge in [0.1, 0.15) is 6.61 Å². The zero-order valence-electron chi connectivity index (χ0n) is 25.9. The van der Waals surface area contributed by atoms with E-state index in [4.69, 9.17) is 9.47 Å². The molecule has 0 amide bonds. The summed E-state index contributed by atoms with van der Waals surface area (Å²) in [7, 11) is 0. The van der Waals surface area contributed by atoms with Gasteiger partial charge in [0, 0.05) is 0 Å². The number of hydrogen-bond donors (Lipinski definition) is 0. The van der Waals surface area contributed by atoms with E-state index in [-0.39, 0.29) is 5.56 Å². The predicted octanol–water partition coefficient (Wildman–Crippen LogP) is 10.0. The van der Waals surface area contributed by atoms with Crippen LogP contribution in [0.1, 0.15) is 80.4 Å². The largest absolute Gasteiger partial charge is 0.457 e. The molecular weight excluding hydrogens is 575 g/mol. The third-order valence-corrected chi connectivity index (χ3v) is 6.96. The number of allylic oxidation sites excluding steroid dienone is 7. The molecule has 0 saturated heterocycles. The molecule has 0 aliphatic heterocycles. The molecule has 2 aromatic rings. The van der Waals surface area contributed by atoms with Gasteiger partial charge in [0.05, 0.1) is 24.3 Å². The average Bonchev–Trinajstić information content (AvgIpc) is 3.00. The van der Waals surface area contributed by atoms with Crippen molar-refractivity contribution in [2.24, 2.45) is 0 Å². The van der Waals surface area contributed by atoms with Crippen LogP contribution in [0.25, 0.3) is 0 Å². The highest BCUT2D eigenvalue weighted by molar-refractivity contribution is 5.91. The van der Waals surface area contributed by atoms with Crippen LogP contribution in [0.15, 0.2) is 78.0 Å². The van der Waals surface area contributed by atoms with Gasteiger partial charge in [0.15, 0.2) is 23.3 Å². The Bertz CT molecular complexity index is 1390. The fourth-order valence-corrected chi connectivity index (χ4v) is 4.33. The van der Waals surface area contributed by atoms with E-state index in [0.29, 0.717) is 31.6 Å². The van der Waals surface area contributed by atoms with E-state index in [9.17, 15) is 26.7 Å². The van der Waals surface area contributed by atoms with Crippen molar-refractivity contribution in [3.05, 3.63) is 129 Å². The van der Waals surface area contributed by atoms with Gasteiger partial charge in [-0.1, -0.05) is 65.3 Å². The lowest BCUT2D eigenvalue weighted by Crippen LogP contribution is -2.13. The summed E-state index contributed by atoms with van der Waals surface area (Å²) in [4.78, 5) is 13.2. The van der Waals surface area contributed by atoms with Gasteiger partial charge in [-0.25, -0.2) is 26.7 Å². The Kier molecular flexibility index (Phi) is 15.5. The first kappa shape index (κ1) is 36.4. The minimum absolute atomic E-state index is 0.136. The fraction of sp³-hybridized carbons (Fsp3) is 0.361. The summed E-state index contributed by atoms with van der Waals surface area (Å²) in [5, 5.41) is 0. The number of hydrogen-bond acceptors (Lipinski definition) is 3. The van der Waals surface area contributed by atoms with Crippen molar-refractivity contribution in [1.29, 1.82) is 0 Å². The third kappa shape index (κ3) is 11.4. The second-order valence-corrected chi connectivity index (χ2v) is 10.6. The van der Waals surface area contributed by atoms with Crippen molar-refractivity contribution in [1.82, 2.24) is 0 Å². The summed E-state index contributed by atoms with van der Waals surface area (Å²) < 4.78 is 79.6. The maximum absolute atomic E-state index is 14.2. The van der Waals surface area contributed by atoms with E-state index in [2.05, 4.69) is 31.7 Å². The minimum atomic E-state index is -2.27. The maximum atomic E-state index is 14.2. The topological polar surface area (TPSA) is 35.5 Å². The summed E-state index contributed by atoms with van der Waals surface area (Å²) in [6.07, 6.45) is 16.7. The molecular formula is C36H41F5O3. The van der Waals surface area contributed by atoms with Crippen LogP contribution in [0.2, 0.25) is 0 Å². The Morgan fingerprint density at radius 3 is 2.11 bits per heavy atom. The van der Waals surface area contributed by atoms with Gasteiger partial charge in [0.2, 0.25) is 5.82 Å². The van der Waals surface area contributed by atoms with Gasteiger partial charge in [-0.2, -0.15) is 0 Å². The zero-order valence-corrected chi connectivity index (χ0v) is 25.9. The number of ether oxygens (including phenoxy) is 2. The Labute approximate surface area is 257 Å². The molecule has 0 atom stereocenters. The molecule has 0 aliphatic carbocycles. The summed E-state index contributed by atoms with van der Waals surface area (Å²) in [6.45, 7) is 11.2. The Balaban J connectivity index is 2.25. The molecule has 8 heteroatoms. The molecule has 0 fully saturated rings. The van der Waals surface area contributed by atoms with Crippen molar-refractivity contribution < 1.29 is 36.2 Å². The Morgan fingerprint density at radius 2 is 1.45 bits per heavy atom. The van der Waals surface area contributed by atoms with Gasteiger partial charge in [0.25, 0.3) is 0 Å². The van der Waals surface area contributed by atoms with Crippen LogP contribution in [0, 0.1) is 29.1 Å². The molecule has 0 heterocycles. The molecule has 0 aliphatic rings. The molecule has 3 nitrogen and oxygen atoms in total. The highest BCUT2D eigenvalue weighted by atomic mass is 19.2. The van der Waals surface area contributed by atoms with Crippen molar-refractivity contribution in [3.63, 3.8) is 0 Å². The van der Waals surface area contributed by atoms with E-state index in [1.165, 1.54) is 11.1 Å². The number of carbonyl (C=O) groups excluding carboxylic acids is 1. The minimum Gasteiger partial charge on any atom is -0.457 e. The third-order valence-electron chi connectivity index (χ3n) is 6.96. The van der Waals surface area contributed by atoms with Gasteiger partial charge >= 0.3 is 5.97 Å². The summed E-state index contributed by atoms with van der Waals surface area (Å²) in [6, 6.07) is 5.28. The number of benzene rings is 2. The second-order valence-electron chi connectivity index (χ2n) is 10.6. The van der Waals surface area contributed by atoms with E-state index in [0.717, 1.165) is 36.8 Å². The summed E-state index contributed by atoms with van der Waals surface area (Å²) in [5.74, 6) is -11.5. The first-order valence-electron chi connectivity index (χ1n) is 14.6. The van der Waals surface area contributed by atoms with Gasteiger partial charge in [-0.15, -0.1) is 6.58 Å². The highest BCUT2D eigenvalue weighted by Gasteiger charge is 2.27. The number of esters is 1. The van der Waals surface area contributed by atoms with Crippen LogP contribution in [-0.4, -0.2) is 19.2 Å². The van der Waals surface area contributed by atoms with E-state index in [1.807, 2.05) is 39.0 Å². The van der Waals surface area contributed by atoms with E-state index in [1.54, 1.807) is 18.2 Å². The van der Waals surface area contributed by atoms with Crippen LogP contribution in [0.3, 0.4) is 0 Å². The maximum Gasteiger partial charge on any atom is 0.338 e. The van der Waals surface area contributed by atoms with Crippen molar-refractivity contribution in [3.8, 4) is 0 Å². The smallest absolute Gasteiger partial charge is 0.338 e. The van der Waals surface area contributed by atoms with Crippen molar-refractivity contribution in [2.45, 2.75) is 72.8 Å². The quantitative estimate of drug-likeness (QED) is 0.0443. The number of halogens is 5. The molecule has 0 spiro atoms. The number of carbonyl (C=O) groups is 1. The lowest BCUT2D eigenvalue weighted by Gasteiger charge is -2.13. The molecule has 0 unspecified atom stereocenters. The number of rotatable bonds is 17. The molecule has 0 bridgehead atoms. The lowest BCUT2D eigenvalue weighted by atomic mass is 9.96. The molecule has 0 aromatic heterocycles. The molecule has 44 heavy (non-hydrogen) atoms. The molecule has 0 N–H and O–H groups in total. The van der Waals surface area contributed by atoms with E-state index < -0.39 is 47.2 Å². The van der Waals surface area contributed by atoms with Crippen LogP contribution < -0.4 is 0 Å². The SMILES string of the molecule is C=CCOC/C=C(\C)Cc1ccc(C/C=C(/C)CC/C=C(\C)CC/C=C\C)cc1C(=O)OCc1c(F)c(F)c(F)c(F)c1F. The van der Waals surface area contributed by atoms with Crippen LogP contribution >= 0.6 is 0 Å². The average molecular weight is 617 g/mol. The standard InChI is InChI=1S/C36H41F5O3/c1-6-8-9-11-24(3)12-10-13-25(4)14-15-27-16-17-28(21-26(5)18-20-43-19-7-2)29(22-27)36(42)44-23-30-31(37)33(39)35(41)34(40)32(30)38/h6-8,12,14,16-18,22H,2,9-11,13,15,19-21,23H2,1,3-5H3/b8-6-,24-12+,25-14-,26-18+. The fourth-order valence-electron chi connectivity index (χ4n) is 4.33. The monoisotopic (exact) mass is 616 g/mol. The van der Waals surface area contributed by atoms with Crippen LogP contribution in [0.4, 0.5) is 22.0 Å². The van der Waals surface area contributed by atoms with Gasteiger partial charge < -0.3 is 9.47 Å². The molecule has 0 saturated carbocycles. The van der Waals surface area contributed by atoms with Gasteiger partial charge in [-0.05, 0) is 83.4 Å². The Morgan fingerprint density at radius 1 is 0.818 bits per heavy atom. The normalized spacial score (nSPS) is 12.7. The lowest BCUT2D eigenvalue weighted by molar-refractivity contribution is 0.0461. The van der Waals surface area contributed by atoms with Crippen molar-refractivity contribution in [2.75, 3.05) is 13.2 Å². The van der Waals surface area contributed by atoms with Gasteiger partial charge in [-0.3, -0.25) is 0 Å². The summed E-state index contributed by atoms with van der Waals surface area (Å²) in [5.41, 5.74) is 3.71. The molecule has 238 valence electrons. The second kappa shape index (κ2) is 18.8. The zero-order chi connectivity index (χ0) is 32.6. The van der Waals surface area contributed by atoms with Crippen LogP contribution in [0.5, 0.6) is 0 Å². The summed E-state index contributed by atoms with van der Waals surface area (Å²) >= 11 is 0. The Hall–Kier alpha value is -3.78. The first-order chi connectivity index (χ1) is 21.0. The first-order valence-corrected chi connectivity index (χ1v) is 14.6. The van der Waals surface area contributed by atoms with Crippen LogP contribution in [-0.2, 0) is 28.9 Å². The molecule has 2 rings (SSSR count). The van der Waals surface area contributed by atoms with E-state index >= 15 is 0 Å². The highest BCUT2D eigenvalue weighted by Crippen LogP contribution is 2.25. The molecule has 2 aromatic carbocycles. The predicted molar refractivity (Wildman–Crippen MR) is 165 cm³/mol. The molecule has 0 radical (unpaired) electrons.